The summed E-state index contributed by atoms with van der Waals surface area (Å²) in [4.78, 5) is 48.0. The smallest absolute Gasteiger partial charge is 0.344 e. The van der Waals surface area contributed by atoms with Crippen LogP contribution in [0.3, 0.4) is 0 Å². The molecule has 1 aromatic rings. The maximum Gasteiger partial charge on any atom is 0.344 e. The molecular formula is C21H20BrN3O7. The largest absolute Gasteiger partial charge is 0.474 e. The molecule has 3 aliphatic rings. The van der Waals surface area contributed by atoms with Crippen molar-refractivity contribution in [2.75, 3.05) is 6.61 Å². The molecule has 1 heterocycles. The zero-order valence-electron chi connectivity index (χ0n) is 17.3. The second-order valence-electron chi connectivity index (χ2n) is 8.17. The molecule has 2 aliphatic carbocycles. The first-order valence-electron chi connectivity index (χ1n) is 10.1. The Morgan fingerprint density at radius 3 is 2.47 bits per heavy atom. The zero-order valence-corrected chi connectivity index (χ0v) is 18.9. The number of carbonyl (C=O) groups excluding carboxylic acids is 3. The second kappa shape index (κ2) is 8.45. The minimum Gasteiger partial charge on any atom is -0.474 e. The summed E-state index contributed by atoms with van der Waals surface area (Å²) in [5, 5.41) is 16.4. The van der Waals surface area contributed by atoms with Gasteiger partial charge in [-0.2, -0.15) is 10.1 Å². The number of benzene rings is 1. The van der Waals surface area contributed by atoms with E-state index in [1.165, 1.54) is 18.3 Å². The fraction of sp³-hybridized carbons (Fsp3) is 0.429. The van der Waals surface area contributed by atoms with Gasteiger partial charge in [0, 0.05) is 11.6 Å². The number of allylic oxidation sites excluding steroid dienone is 2. The number of imide groups is 1. The number of carbonyl (C=O) groups is 3. The van der Waals surface area contributed by atoms with Crippen molar-refractivity contribution in [1.29, 1.82) is 0 Å². The van der Waals surface area contributed by atoms with Crippen LogP contribution in [0.4, 0.5) is 5.69 Å². The van der Waals surface area contributed by atoms with Crippen LogP contribution in [0.2, 0.25) is 0 Å². The summed E-state index contributed by atoms with van der Waals surface area (Å²) < 4.78 is 10.5. The van der Waals surface area contributed by atoms with Crippen molar-refractivity contribution in [2.24, 2.45) is 28.8 Å². The summed E-state index contributed by atoms with van der Waals surface area (Å²) in [6.07, 6.45) is 5.67. The van der Waals surface area contributed by atoms with Gasteiger partial charge in [-0.25, -0.2) is 4.79 Å². The molecule has 4 atom stereocenters. The van der Waals surface area contributed by atoms with Crippen molar-refractivity contribution in [1.82, 2.24) is 5.01 Å². The van der Waals surface area contributed by atoms with Gasteiger partial charge in [0.1, 0.15) is 0 Å². The SMILES string of the molecule is CC(C)OC(=O)COc1c(Br)cc(C=NN2C(=O)[C@@H]3[C@H](C2=O)[C@H]2C=C[C@H]3C2)cc1[N+](=O)[O-]. The molecule has 2 bridgehead atoms. The predicted octanol–water partition coefficient (Wildman–Crippen LogP) is 2.83. The van der Waals surface area contributed by atoms with E-state index in [0.29, 0.717) is 0 Å². The molecule has 0 unspecified atom stereocenters. The number of nitro benzene ring substituents is 1. The average Bonchev–Trinajstić information content (AvgIpc) is 3.39. The molecule has 1 saturated carbocycles. The van der Waals surface area contributed by atoms with Crippen LogP contribution in [0.1, 0.15) is 25.8 Å². The van der Waals surface area contributed by atoms with Gasteiger partial charge in [0.15, 0.2) is 6.61 Å². The maximum atomic E-state index is 12.7. The normalized spacial score (nSPS) is 25.8. The summed E-state index contributed by atoms with van der Waals surface area (Å²) in [6, 6.07) is 2.67. The topological polar surface area (TPSA) is 128 Å². The Labute approximate surface area is 191 Å². The average molecular weight is 506 g/mol. The third-order valence-electron chi connectivity index (χ3n) is 5.71. The Balaban J connectivity index is 1.53. The number of esters is 1. The summed E-state index contributed by atoms with van der Waals surface area (Å²) in [5.41, 5.74) is -0.129. The van der Waals surface area contributed by atoms with E-state index < -0.39 is 23.2 Å². The molecular weight excluding hydrogens is 486 g/mol. The molecule has 168 valence electrons. The van der Waals surface area contributed by atoms with Gasteiger partial charge in [0.05, 0.1) is 33.6 Å². The molecule has 11 heteroatoms. The number of amides is 2. The number of hydrogen-bond donors (Lipinski definition) is 0. The second-order valence-corrected chi connectivity index (χ2v) is 9.02. The standard InChI is InChI=1S/C21H20BrN3O7/c1-10(2)32-16(26)9-31-19-14(22)5-11(6-15(19)25(29)30)8-23-24-20(27)17-12-3-4-13(7-12)18(17)21(24)28/h3-6,8,10,12-13,17-18H,7,9H2,1-2H3/t12-,13-,17-,18+/m0/s1. The fourth-order valence-electron chi connectivity index (χ4n) is 4.51. The van der Waals surface area contributed by atoms with Gasteiger partial charge < -0.3 is 9.47 Å². The first kappa shape index (κ1) is 22.1. The first-order chi connectivity index (χ1) is 15.2. The Hall–Kier alpha value is -3.08. The molecule has 1 saturated heterocycles. The highest BCUT2D eigenvalue weighted by Crippen LogP contribution is 2.52. The number of fused-ring (bicyclic) bond motifs is 5. The summed E-state index contributed by atoms with van der Waals surface area (Å²) in [5.74, 6) is -2.11. The third kappa shape index (κ3) is 3.92. The number of nitro groups is 1. The van der Waals surface area contributed by atoms with Crippen molar-refractivity contribution >= 4 is 45.6 Å². The number of rotatable bonds is 7. The molecule has 2 fully saturated rings. The van der Waals surface area contributed by atoms with Crippen LogP contribution in [-0.2, 0) is 19.1 Å². The van der Waals surface area contributed by atoms with Gasteiger partial charge in [0.2, 0.25) is 5.75 Å². The lowest BCUT2D eigenvalue weighted by molar-refractivity contribution is -0.385. The molecule has 1 aliphatic heterocycles. The number of nitrogens with zero attached hydrogens (tertiary/aromatic N) is 3. The maximum absolute atomic E-state index is 12.7. The zero-order chi connectivity index (χ0) is 23.2. The van der Waals surface area contributed by atoms with Crippen molar-refractivity contribution in [2.45, 2.75) is 26.4 Å². The van der Waals surface area contributed by atoms with E-state index in [2.05, 4.69) is 21.0 Å². The van der Waals surface area contributed by atoms with Crippen molar-refractivity contribution < 1.29 is 28.8 Å². The highest BCUT2D eigenvalue weighted by molar-refractivity contribution is 9.10. The molecule has 0 aromatic heterocycles. The van der Waals surface area contributed by atoms with Gasteiger partial charge in [-0.1, -0.05) is 12.2 Å². The predicted molar refractivity (Wildman–Crippen MR) is 115 cm³/mol. The van der Waals surface area contributed by atoms with Crippen LogP contribution in [0.15, 0.2) is 33.9 Å². The summed E-state index contributed by atoms with van der Waals surface area (Å²) >= 11 is 3.21. The van der Waals surface area contributed by atoms with Gasteiger partial charge in [-0.15, -0.1) is 0 Å². The quantitative estimate of drug-likeness (QED) is 0.139. The number of hydrogen-bond acceptors (Lipinski definition) is 8. The Morgan fingerprint density at radius 1 is 1.28 bits per heavy atom. The lowest BCUT2D eigenvalue weighted by atomic mass is 9.85. The Bertz CT molecular complexity index is 1040. The van der Waals surface area contributed by atoms with E-state index in [0.717, 1.165) is 11.4 Å². The van der Waals surface area contributed by atoms with E-state index in [1.54, 1.807) is 13.8 Å². The molecule has 0 spiro atoms. The molecule has 1 aromatic carbocycles. The molecule has 32 heavy (non-hydrogen) atoms. The molecule has 0 radical (unpaired) electrons. The number of hydrazone groups is 1. The van der Waals surface area contributed by atoms with Crippen molar-refractivity contribution in [3.8, 4) is 5.75 Å². The van der Waals surface area contributed by atoms with Crippen LogP contribution < -0.4 is 4.74 Å². The van der Waals surface area contributed by atoms with E-state index in [9.17, 15) is 24.5 Å². The molecule has 4 rings (SSSR count). The van der Waals surface area contributed by atoms with Crippen LogP contribution in [-0.4, -0.2) is 46.6 Å². The lowest BCUT2D eigenvalue weighted by Crippen LogP contribution is -2.28. The van der Waals surface area contributed by atoms with Crippen LogP contribution in [0, 0.1) is 33.8 Å². The number of ether oxygens (including phenoxy) is 2. The highest BCUT2D eigenvalue weighted by atomic mass is 79.9. The number of halogens is 1. The van der Waals surface area contributed by atoms with Crippen LogP contribution >= 0.6 is 15.9 Å². The van der Waals surface area contributed by atoms with Crippen molar-refractivity contribution in [3.63, 3.8) is 0 Å². The van der Waals surface area contributed by atoms with Gasteiger partial charge >= 0.3 is 11.7 Å². The lowest BCUT2D eigenvalue weighted by Gasteiger charge is -2.13. The molecule has 0 N–H and O–H groups in total. The monoisotopic (exact) mass is 505 g/mol. The van der Waals surface area contributed by atoms with Gasteiger partial charge in [0.25, 0.3) is 11.8 Å². The van der Waals surface area contributed by atoms with Crippen LogP contribution in [0.25, 0.3) is 0 Å². The van der Waals surface area contributed by atoms with Crippen molar-refractivity contribution in [3.05, 3.63) is 44.4 Å². The molecule has 2 amide bonds. The van der Waals surface area contributed by atoms with E-state index in [-0.39, 0.29) is 57.4 Å². The van der Waals surface area contributed by atoms with E-state index >= 15 is 0 Å². The summed E-state index contributed by atoms with van der Waals surface area (Å²) in [6.45, 7) is 2.85. The van der Waals surface area contributed by atoms with Crippen LogP contribution in [0.5, 0.6) is 5.75 Å². The third-order valence-corrected chi connectivity index (χ3v) is 6.30. The van der Waals surface area contributed by atoms with E-state index in [4.69, 9.17) is 9.47 Å². The van der Waals surface area contributed by atoms with E-state index in [1.807, 2.05) is 12.2 Å². The minimum atomic E-state index is -0.662. The fourth-order valence-corrected chi connectivity index (χ4v) is 5.09. The molecule has 10 nitrogen and oxygen atoms in total. The summed E-state index contributed by atoms with van der Waals surface area (Å²) in [7, 11) is 0. The first-order valence-corrected chi connectivity index (χ1v) is 10.9. The van der Waals surface area contributed by atoms with Gasteiger partial charge in [-0.3, -0.25) is 19.7 Å². The van der Waals surface area contributed by atoms with Gasteiger partial charge in [-0.05, 0) is 54.1 Å². The Morgan fingerprint density at radius 2 is 1.91 bits per heavy atom. The minimum absolute atomic E-state index is 0.0655. The highest BCUT2D eigenvalue weighted by Gasteiger charge is 2.59. The Kier molecular flexibility index (Phi) is 5.85.